The zero-order valence-corrected chi connectivity index (χ0v) is 12.5. The van der Waals surface area contributed by atoms with Gasteiger partial charge in [-0.05, 0) is 30.2 Å². The van der Waals surface area contributed by atoms with Gasteiger partial charge < -0.3 is 9.47 Å². The van der Waals surface area contributed by atoms with Crippen LogP contribution in [0.25, 0.3) is 0 Å². The molecule has 3 heteroatoms. The van der Waals surface area contributed by atoms with Crippen molar-refractivity contribution >= 4 is 0 Å². The molecule has 3 nitrogen and oxygen atoms in total. The van der Waals surface area contributed by atoms with Crippen LogP contribution in [0.4, 0.5) is 0 Å². The molecular weight excluding hydrogens is 262 g/mol. The molecule has 2 aromatic rings. The molecule has 0 bridgehead atoms. The fourth-order valence-corrected chi connectivity index (χ4v) is 2.82. The fraction of sp³-hybridized carbons (Fsp3) is 0.333. The first-order valence-electron chi connectivity index (χ1n) is 7.33. The Bertz CT molecular complexity index is 568. The van der Waals surface area contributed by atoms with Crippen molar-refractivity contribution in [1.82, 2.24) is 4.90 Å². The third-order valence-electron chi connectivity index (χ3n) is 4.07. The van der Waals surface area contributed by atoms with Crippen LogP contribution in [0.5, 0.6) is 5.75 Å². The molecule has 21 heavy (non-hydrogen) atoms. The Kier molecular flexibility index (Phi) is 4.23. The van der Waals surface area contributed by atoms with E-state index in [0.717, 1.165) is 18.9 Å². The highest BCUT2D eigenvalue weighted by molar-refractivity contribution is 5.28. The molecule has 1 heterocycles. The molecule has 0 radical (unpaired) electrons. The van der Waals surface area contributed by atoms with Crippen LogP contribution in [0.3, 0.4) is 0 Å². The van der Waals surface area contributed by atoms with Crippen molar-refractivity contribution in [3.05, 3.63) is 65.7 Å². The second kappa shape index (κ2) is 6.29. The maximum absolute atomic E-state index is 5.85. The molecule has 1 fully saturated rings. The summed E-state index contributed by atoms with van der Waals surface area (Å²) in [5.41, 5.74) is 2.59. The van der Waals surface area contributed by atoms with E-state index in [9.17, 15) is 0 Å². The lowest BCUT2D eigenvalue weighted by Crippen LogP contribution is -2.29. The van der Waals surface area contributed by atoms with Crippen LogP contribution in [0.1, 0.15) is 24.1 Å². The van der Waals surface area contributed by atoms with Crippen LogP contribution in [-0.4, -0.2) is 24.8 Å². The van der Waals surface area contributed by atoms with E-state index in [0.29, 0.717) is 6.04 Å². The second-order valence-corrected chi connectivity index (χ2v) is 5.38. The highest BCUT2D eigenvalue weighted by Gasteiger charge is 2.32. The summed E-state index contributed by atoms with van der Waals surface area (Å²) in [6.07, 6.45) is 0.136. The minimum absolute atomic E-state index is 0.136. The molecule has 2 atom stereocenters. The van der Waals surface area contributed by atoms with Crippen LogP contribution >= 0.6 is 0 Å². The molecule has 0 aliphatic carbocycles. The highest BCUT2D eigenvalue weighted by Crippen LogP contribution is 2.31. The summed E-state index contributed by atoms with van der Waals surface area (Å²) >= 11 is 0. The van der Waals surface area contributed by atoms with E-state index in [2.05, 4.69) is 54.3 Å². The number of hydrogen-bond acceptors (Lipinski definition) is 3. The molecule has 0 spiro atoms. The van der Waals surface area contributed by atoms with Gasteiger partial charge in [-0.2, -0.15) is 0 Å². The van der Waals surface area contributed by atoms with Gasteiger partial charge in [0.15, 0.2) is 0 Å². The number of ether oxygens (including phenoxy) is 2. The van der Waals surface area contributed by atoms with Crippen molar-refractivity contribution < 1.29 is 9.47 Å². The van der Waals surface area contributed by atoms with Crippen LogP contribution in [-0.2, 0) is 11.3 Å². The van der Waals surface area contributed by atoms with Crippen LogP contribution in [0.2, 0.25) is 0 Å². The molecule has 0 aromatic heterocycles. The maximum Gasteiger partial charge on any atom is 0.118 e. The Morgan fingerprint density at radius 3 is 2.48 bits per heavy atom. The van der Waals surface area contributed by atoms with E-state index in [1.54, 1.807) is 7.11 Å². The normalized spacial score (nSPS) is 22.4. The van der Waals surface area contributed by atoms with Crippen LogP contribution in [0.15, 0.2) is 54.6 Å². The second-order valence-electron chi connectivity index (χ2n) is 5.38. The molecule has 1 aliphatic rings. The van der Waals surface area contributed by atoms with Crippen molar-refractivity contribution in [1.29, 1.82) is 0 Å². The van der Waals surface area contributed by atoms with Crippen molar-refractivity contribution in [3.8, 4) is 5.75 Å². The molecule has 1 aliphatic heterocycles. The average Bonchev–Trinajstić information content (AvgIpc) is 2.90. The first-order valence-corrected chi connectivity index (χ1v) is 7.33. The Labute approximate surface area is 126 Å². The maximum atomic E-state index is 5.85. The van der Waals surface area contributed by atoms with Gasteiger partial charge in [0.2, 0.25) is 0 Å². The van der Waals surface area contributed by atoms with Crippen LogP contribution in [0, 0.1) is 0 Å². The number of benzene rings is 2. The first kappa shape index (κ1) is 14.1. The minimum Gasteiger partial charge on any atom is -0.497 e. The van der Waals surface area contributed by atoms with E-state index in [-0.39, 0.29) is 6.23 Å². The number of methoxy groups -OCH3 is 1. The molecule has 0 unspecified atom stereocenters. The van der Waals surface area contributed by atoms with Crippen molar-refractivity contribution in [2.45, 2.75) is 25.7 Å². The topological polar surface area (TPSA) is 21.7 Å². The predicted molar refractivity (Wildman–Crippen MR) is 83.1 cm³/mol. The predicted octanol–water partition coefficient (Wildman–Crippen LogP) is 3.61. The zero-order chi connectivity index (χ0) is 14.7. The van der Waals surface area contributed by atoms with Gasteiger partial charge in [-0.15, -0.1) is 0 Å². The van der Waals surface area contributed by atoms with Gasteiger partial charge in [0.25, 0.3) is 0 Å². The molecule has 0 saturated carbocycles. The first-order chi connectivity index (χ1) is 10.3. The van der Waals surface area contributed by atoms with E-state index in [1.165, 1.54) is 11.1 Å². The molecule has 0 N–H and O–H groups in total. The summed E-state index contributed by atoms with van der Waals surface area (Å²) in [5.74, 6) is 0.893. The largest absolute Gasteiger partial charge is 0.497 e. The molecular formula is C18H21NO2. The summed E-state index contributed by atoms with van der Waals surface area (Å²) in [6, 6.07) is 19.1. The number of hydrogen-bond donors (Lipinski definition) is 0. The van der Waals surface area contributed by atoms with Gasteiger partial charge >= 0.3 is 0 Å². The van der Waals surface area contributed by atoms with E-state index < -0.39 is 0 Å². The average molecular weight is 283 g/mol. The summed E-state index contributed by atoms with van der Waals surface area (Å²) in [5, 5.41) is 0. The van der Waals surface area contributed by atoms with Gasteiger partial charge in [0, 0.05) is 6.54 Å². The van der Waals surface area contributed by atoms with Crippen molar-refractivity contribution in [2.24, 2.45) is 0 Å². The molecule has 3 rings (SSSR count). The lowest BCUT2D eigenvalue weighted by molar-refractivity contribution is 0.0419. The van der Waals surface area contributed by atoms with Gasteiger partial charge in [0.1, 0.15) is 12.0 Å². The van der Waals surface area contributed by atoms with E-state index in [4.69, 9.17) is 9.47 Å². The Morgan fingerprint density at radius 1 is 1.10 bits per heavy atom. The third-order valence-corrected chi connectivity index (χ3v) is 4.07. The van der Waals surface area contributed by atoms with E-state index >= 15 is 0 Å². The van der Waals surface area contributed by atoms with Crippen LogP contribution < -0.4 is 4.74 Å². The minimum atomic E-state index is 0.136. The van der Waals surface area contributed by atoms with Crippen molar-refractivity contribution in [3.63, 3.8) is 0 Å². The molecule has 1 saturated heterocycles. The van der Waals surface area contributed by atoms with Gasteiger partial charge in [0.05, 0.1) is 19.8 Å². The van der Waals surface area contributed by atoms with Crippen molar-refractivity contribution in [2.75, 3.05) is 13.7 Å². The van der Waals surface area contributed by atoms with Gasteiger partial charge in [-0.3, -0.25) is 4.90 Å². The number of rotatable bonds is 4. The Balaban J connectivity index is 1.77. The summed E-state index contributed by atoms with van der Waals surface area (Å²) < 4.78 is 11.1. The quantitative estimate of drug-likeness (QED) is 0.855. The SMILES string of the molecule is COc1ccc(CN2[C@@H](C)OC[C@H]2c2ccccc2)cc1. The van der Waals surface area contributed by atoms with E-state index in [1.807, 2.05) is 12.1 Å². The lowest BCUT2D eigenvalue weighted by Gasteiger charge is -2.26. The summed E-state index contributed by atoms with van der Waals surface area (Å²) in [4.78, 5) is 2.40. The number of nitrogens with zero attached hydrogens (tertiary/aromatic N) is 1. The smallest absolute Gasteiger partial charge is 0.118 e. The molecule has 0 amide bonds. The monoisotopic (exact) mass is 283 g/mol. The third kappa shape index (κ3) is 3.09. The molecule has 2 aromatic carbocycles. The zero-order valence-electron chi connectivity index (χ0n) is 12.5. The summed E-state index contributed by atoms with van der Waals surface area (Å²) in [6.45, 7) is 3.75. The fourth-order valence-electron chi connectivity index (χ4n) is 2.82. The Hall–Kier alpha value is -1.84. The Morgan fingerprint density at radius 2 is 1.81 bits per heavy atom. The summed E-state index contributed by atoms with van der Waals surface area (Å²) in [7, 11) is 1.69. The molecule has 110 valence electrons. The standard InChI is InChI=1S/C18H21NO2/c1-14-19(12-15-8-10-17(20-2)11-9-15)18(13-21-14)16-6-4-3-5-7-16/h3-11,14,18H,12-13H2,1-2H3/t14-,18+/m1/s1. The van der Waals surface area contributed by atoms with Gasteiger partial charge in [-0.25, -0.2) is 0 Å². The van der Waals surface area contributed by atoms with Gasteiger partial charge in [-0.1, -0.05) is 42.5 Å². The highest BCUT2D eigenvalue weighted by atomic mass is 16.5. The lowest BCUT2D eigenvalue weighted by atomic mass is 10.1.